The molecule has 112 heavy (non-hydrogen) atoms. The van der Waals surface area contributed by atoms with E-state index in [-0.39, 0.29) is 93.8 Å². The van der Waals surface area contributed by atoms with Gasteiger partial charge in [0.05, 0.1) is 50.3 Å². The lowest BCUT2D eigenvalue weighted by Gasteiger charge is -2.29. The predicted octanol–water partition coefficient (Wildman–Crippen LogP) is -9.93. The molecule has 44 nitrogen and oxygen atoms in total. The normalized spacial score (nSPS) is 27.2. The van der Waals surface area contributed by atoms with E-state index in [0.29, 0.717) is 12.1 Å². The number of nitrogens with zero attached hydrogens (tertiary/aromatic N) is 2. The maximum Gasteiger partial charge on any atom is 0.305 e. The van der Waals surface area contributed by atoms with Gasteiger partial charge in [0, 0.05) is 49.3 Å². The van der Waals surface area contributed by atoms with Gasteiger partial charge in [0.25, 0.3) is 0 Å². The van der Waals surface area contributed by atoms with Gasteiger partial charge >= 0.3 is 5.97 Å². The van der Waals surface area contributed by atoms with E-state index in [0.717, 1.165) is 49.3 Å². The Morgan fingerprint density at radius 1 is 0.509 bits per heavy atom. The van der Waals surface area contributed by atoms with Gasteiger partial charge in [0.1, 0.15) is 78.5 Å². The fourth-order valence-corrected chi connectivity index (χ4v) is 12.6. The van der Waals surface area contributed by atoms with E-state index in [2.05, 4.69) is 94.7 Å². The van der Waals surface area contributed by atoms with Crippen LogP contribution in [-0.2, 0) is 87.9 Å². The maximum atomic E-state index is 14.4. The molecule has 46 heteroatoms. The van der Waals surface area contributed by atoms with Gasteiger partial charge in [-0.1, -0.05) is 55.7 Å². The van der Waals surface area contributed by atoms with Crippen molar-refractivity contribution in [3.8, 4) is 0 Å². The predicted molar refractivity (Wildman–Crippen MR) is 404 cm³/mol. The molecule has 17 atom stereocenters. The molecule has 1 aromatic heterocycles. The zero-order chi connectivity index (χ0) is 84.8. The summed E-state index contributed by atoms with van der Waals surface area (Å²) in [5, 5.41) is 87.7. The van der Waals surface area contributed by atoms with Gasteiger partial charge in [-0.15, -0.1) is 0 Å². The highest BCUT2D eigenvalue weighted by atomic mass is 33.1. The molecule has 0 aliphatic carbocycles. The molecule has 1 saturated heterocycles. The van der Waals surface area contributed by atoms with Crippen LogP contribution in [0.15, 0.2) is 17.5 Å². The first-order valence-electron chi connectivity index (χ1n) is 36.1. The first-order valence-corrected chi connectivity index (χ1v) is 38.6. The monoisotopic (exact) mass is 1630 g/mol. The fraction of sp³-hybridized carbons (Fsp3) is 0.682. The minimum atomic E-state index is -1.93. The van der Waals surface area contributed by atoms with Crippen LogP contribution in [0, 0.1) is 11.8 Å². The average molecular weight is 1630 g/mol. The van der Waals surface area contributed by atoms with E-state index < -0.39 is 223 Å². The van der Waals surface area contributed by atoms with Gasteiger partial charge in [-0.3, -0.25) is 86.5 Å². The lowest BCUT2D eigenvalue weighted by Crippen LogP contribution is -2.62. The van der Waals surface area contributed by atoms with Crippen molar-refractivity contribution in [2.75, 3.05) is 37.7 Å². The van der Waals surface area contributed by atoms with Gasteiger partial charge in [-0.2, -0.15) is 0 Å². The molecule has 2 heterocycles. The highest BCUT2D eigenvalue weighted by Gasteiger charge is 2.39. The van der Waals surface area contributed by atoms with Gasteiger partial charge in [-0.05, 0) is 91.9 Å². The molecule has 16 amide bonds. The molecule has 1 aliphatic rings. The van der Waals surface area contributed by atoms with Crippen LogP contribution in [0.2, 0.25) is 0 Å². The third-order valence-corrected chi connectivity index (χ3v) is 19.0. The molecule has 3 unspecified atom stereocenters. The lowest BCUT2D eigenvalue weighted by atomic mass is 10.0. The molecule has 0 radical (unpaired) electrons. The molecule has 1 aliphatic heterocycles. The number of aliphatic hydroxyl groups is 4. The summed E-state index contributed by atoms with van der Waals surface area (Å²) in [6, 6.07) is -22.1. The van der Waals surface area contributed by atoms with E-state index in [1.165, 1.54) is 26.4 Å². The zero-order valence-electron chi connectivity index (χ0n) is 64.1. The second kappa shape index (κ2) is 50.1. The van der Waals surface area contributed by atoms with Gasteiger partial charge in [0.2, 0.25) is 94.5 Å². The number of hydrogen-bond acceptors (Lipinski definition) is 26. The molecule has 0 spiro atoms. The van der Waals surface area contributed by atoms with Gasteiger partial charge in [-0.25, -0.2) is 4.98 Å². The van der Waals surface area contributed by atoms with Crippen molar-refractivity contribution in [2.45, 2.75) is 236 Å². The molecule has 0 bridgehead atoms. The Labute approximate surface area is 654 Å². The van der Waals surface area contributed by atoms with Crippen molar-refractivity contribution in [2.24, 2.45) is 39.8 Å². The summed E-state index contributed by atoms with van der Waals surface area (Å²) in [5.41, 5.74) is 22.8. The summed E-state index contributed by atoms with van der Waals surface area (Å²) in [6.45, 7) is 11.6. The molecule has 0 saturated carbocycles. The topological polar surface area (TPSA) is 717 Å². The summed E-state index contributed by atoms with van der Waals surface area (Å²) < 4.78 is 0. The minimum Gasteiger partial charge on any atom is -0.481 e. The molecule has 29 N–H and O–H groups in total. The largest absolute Gasteiger partial charge is 0.481 e. The quantitative estimate of drug-likeness (QED) is 0.0298. The Morgan fingerprint density at radius 3 is 1.46 bits per heavy atom. The second-order valence-corrected chi connectivity index (χ2v) is 30.1. The van der Waals surface area contributed by atoms with E-state index in [4.69, 9.17) is 22.9 Å². The van der Waals surface area contributed by atoms with E-state index >= 15 is 0 Å². The van der Waals surface area contributed by atoms with Crippen molar-refractivity contribution in [3.05, 3.63) is 18.2 Å². The maximum absolute atomic E-state index is 14.4. The summed E-state index contributed by atoms with van der Waals surface area (Å²) in [7, 11) is 1.99. The van der Waals surface area contributed by atoms with Crippen LogP contribution in [0.3, 0.4) is 0 Å². The number of primary amides is 1. The first kappa shape index (κ1) is 98.0. The smallest absolute Gasteiger partial charge is 0.305 e. The van der Waals surface area contributed by atoms with Crippen molar-refractivity contribution >= 4 is 128 Å². The molecule has 630 valence electrons. The number of hydrogen-bond donors (Lipinski definition) is 25. The summed E-state index contributed by atoms with van der Waals surface area (Å²) in [5.74, 6) is -19.1. The van der Waals surface area contributed by atoms with Crippen molar-refractivity contribution in [3.63, 3.8) is 0 Å². The van der Waals surface area contributed by atoms with Crippen LogP contribution >= 0.6 is 21.6 Å². The Kier molecular flexibility index (Phi) is 43.8. The molecule has 0 aromatic carbocycles. The first-order chi connectivity index (χ1) is 52.5. The zero-order valence-corrected chi connectivity index (χ0v) is 65.8. The van der Waals surface area contributed by atoms with Gasteiger partial charge in [0.15, 0.2) is 5.96 Å². The highest BCUT2D eigenvalue weighted by Crippen LogP contribution is 2.23. The van der Waals surface area contributed by atoms with Crippen LogP contribution in [0.25, 0.3) is 0 Å². The Bertz CT molecular complexity index is 3400. The van der Waals surface area contributed by atoms with Crippen LogP contribution < -0.4 is 103 Å². The number of nitrogens with two attached hydrogens (primary N) is 4. The number of carboxylic acid groups (broad SMARTS) is 1. The fourth-order valence-electron chi connectivity index (χ4n) is 10.3. The number of aromatic amines is 1. The third kappa shape index (κ3) is 36.9. The number of amides is 16. The second-order valence-electron chi connectivity index (χ2n) is 27.6. The number of imidazole rings is 1. The van der Waals surface area contributed by atoms with Crippen LogP contribution in [0.1, 0.15) is 133 Å². The van der Waals surface area contributed by atoms with Crippen LogP contribution in [0.5, 0.6) is 0 Å². The van der Waals surface area contributed by atoms with Crippen molar-refractivity contribution in [1.82, 2.24) is 89.7 Å². The number of aliphatic hydroxyl groups excluding tert-OH is 4. The Morgan fingerprint density at radius 2 is 0.964 bits per heavy atom. The molecule has 2 rings (SSSR count). The lowest BCUT2D eigenvalue weighted by molar-refractivity contribution is -0.141. The number of carbonyl (C=O) groups excluding carboxylic acids is 16. The number of aliphatic carboxylic acids is 1. The third-order valence-electron chi connectivity index (χ3n) is 16.5. The number of nitrogens with one attached hydrogen (secondary N) is 16. The van der Waals surface area contributed by atoms with Crippen LogP contribution in [0.4, 0.5) is 0 Å². The molecular formula is C66H112N22O22S2. The summed E-state index contributed by atoms with van der Waals surface area (Å²) in [4.78, 5) is 240. The number of guanidine groups is 1. The SMILES string of the molecule is CC(C)CC1NC(=O)[C@H](CC(=O)O)NC(=O)CNC(=O)[C@H](CCCN=C(N)N)NC(=O)[C@H](C)NC(=O)[C@H](CO)NC(=O)[C@H](C)NC(=O)[C@H]([C@@H](C)O)NC(=O)[C@@H](N)CSSC[C@@H](C(N)=O)NC(=O)CCCCCNC(=O)C([C@@H](C)O)NC(=O)[C@H]([C@@H](C)O)NC(=O)C(CC(C)C)NC(=O)[C@H](Cc2cnc[nH]2)NC(=O)[C@H](C)NC1=O. The molecule has 1 fully saturated rings. The molecular weight excluding hydrogens is 1520 g/mol. The van der Waals surface area contributed by atoms with E-state index in [1.807, 2.05) is 0 Å². The number of aromatic nitrogens is 2. The van der Waals surface area contributed by atoms with E-state index in [9.17, 15) is 107 Å². The average Bonchev–Trinajstić information content (AvgIpc) is 1.06. The van der Waals surface area contributed by atoms with Crippen molar-refractivity contribution < 1.29 is 107 Å². The Hall–Kier alpha value is -10.0. The van der Waals surface area contributed by atoms with Crippen LogP contribution in [-0.4, -0.2) is 283 Å². The number of H-pyrrole nitrogens is 1. The minimum absolute atomic E-state index is 0.00854. The Balaban J connectivity index is 2.57. The highest BCUT2D eigenvalue weighted by molar-refractivity contribution is 8.76. The number of carbonyl (C=O) groups is 17. The van der Waals surface area contributed by atoms with Gasteiger partial charge < -0.3 is 133 Å². The number of rotatable bonds is 17. The summed E-state index contributed by atoms with van der Waals surface area (Å²) in [6.07, 6.45) is -3.27. The van der Waals surface area contributed by atoms with E-state index in [1.54, 1.807) is 27.7 Å². The molecule has 1 aromatic rings. The summed E-state index contributed by atoms with van der Waals surface area (Å²) >= 11 is 0. The van der Waals surface area contributed by atoms with Crippen molar-refractivity contribution in [1.29, 1.82) is 0 Å². The standard InChI is InChI=1S/C66H112N22O22S2/c1-29(2)19-40-58(103)76-32(6)54(99)82-42(21-37-23-71-28-75-37)59(104)84-41(20-30(3)4)61(106)87-51(36(10)92)65(110)88-49(34(8)90)63(108)72-17-13-11-12-16-46(93)80-45(52(68)97)27-112-111-26-38(67)56(101)86-50(35(9)91)64(109)78-33(7)55(100)85-44(25-89)62(107)77-31(5)53(98)81-39(15-14-18-73-66(69)70)57(102)74-24-47(94)79-43(22-48(95)96)60(105)83-40/h23,28-36,38-45,49-51,89-92H,11-22,24-27,67H2,1-10H3,(H2,68,97)(H,71,75)(H,72,108)(H,74,102)(H,76,103)(H,77,107)(H,78,109)(H,79,94)(H,80,93)(H,81,98)(H,82,99)(H,83,105)(H,84,104)(H,85,100)(H,86,101)(H,87,106)(H,88,110)(H,95,96)(H4,69,70,73)/t31-,32-,33-,34+,35+,36+,38-,39-,40?,41?,42-,43-,44-,45-,49?,50-,51-/m0/s1. The number of carboxylic acids is 1. The number of aliphatic imine (C=N–C) groups is 1.